The molecule has 0 aliphatic heterocycles. The summed E-state index contributed by atoms with van der Waals surface area (Å²) in [6.07, 6.45) is 4.40. The molecule has 1 heterocycles. The number of carbonyl (C=O) groups is 2. The quantitative estimate of drug-likeness (QED) is 0.805. The van der Waals surface area contributed by atoms with Gasteiger partial charge in [0.25, 0.3) is 0 Å². The third kappa shape index (κ3) is 4.68. The van der Waals surface area contributed by atoms with Gasteiger partial charge < -0.3 is 10.6 Å². The Kier molecular flexibility index (Phi) is 5.64. The number of anilines is 1. The molecule has 1 saturated carbocycles. The minimum Gasteiger partial charge on any atom is -0.352 e. The zero-order valence-corrected chi connectivity index (χ0v) is 14.4. The highest BCUT2D eigenvalue weighted by Gasteiger charge is 2.25. The minimum atomic E-state index is 0.0464. The van der Waals surface area contributed by atoms with Crippen LogP contribution in [-0.4, -0.2) is 11.8 Å². The van der Waals surface area contributed by atoms with E-state index in [0.717, 1.165) is 36.9 Å². The predicted molar refractivity (Wildman–Crippen MR) is 96.9 cm³/mol. The molecule has 1 aromatic heterocycles. The van der Waals surface area contributed by atoms with E-state index in [4.69, 9.17) is 0 Å². The van der Waals surface area contributed by atoms with Crippen LogP contribution in [0.2, 0.25) is 0 Å². The predicted octanol–water partition coefficient (Wildman–Crippen LogP) is 3.74. The zero-order valence-electron chi connectivity index (χ0n) is 13.6. The van der Waals surface area contributed by atoms with Crippen molar-refractivity contribution in [2.45, 2.75) is 38.6 Å². The summed E-state index contributed by atoms with van der Waals surface area (Å²) in [5, 5.41) is 10.00. The molecule has 0 radical (unpaired) electrons. The van der Waals surface area contributed by atoms with Crippen molar-refractivity contribution in [2.75, 3.05) is 5.32 Å². The van der Waals surface area contributed by atoms with Gasteiger partial charge in [0.2, 0.25) is 11.8 Å². The fourth-order valence-electron chi connectivity index (χ4n) is 2.66. The van der Waals surface area contributed by atoms with Crippen molar-refractivity contribution in [3.63, 3.8) is 0 Å². The van der Waals surface area contributed by atoms with E-state index in [1.807, 2.05) is 35.7 Å². The van der Waals surface area contributed by atoms with Crippen molar-refractivity contribution >= 4 is 28.8 Å². The maximum absolute atomic E-state index is 12.0. The minimum absolute atomic E-state index is 0.0464. The van der Waals surface area contributed by atoms with Crippen LogP contribution in [0.25, 0.3) is 0 Å². The van der Waals surface area contributed by atoms with Gasteiger partial charge in [0, 0.05) is 24.6 Å². The van der Waals surface area contributed by atoms with Crippen molar-refractivity contribution in [2.24, 2.45) is 5.92 Å². The molecule has 0 saturated heterocycles. The Labute approximate surface area is 146 Å². The third-order valence-electron chi connectivity index (χ3n) is 4.38. The Morgan fingerprint density at radius 3 is 2.75 bits per heavy atom. The fourth-order valence-corrected chi connectivity index (χ4v) is 3.36. The summed E-state index contributed by atoms with van der Waals surface area (Å²) in [4.78, 5) is 23.9. The summed E-state index contributed by atoms with van der Waals surface area (Å²) in [6, 6.07) is 9.72. The average Bonchev–Trinajstić information content (AvgIpc) is 3.03. The van der Waals surface area contributed by atoms with Crippen LogP contribution in [0.5, 0.6) is 0 Å². The number of thiophene rings is 1. The molecule has 0 spiro atoms. The molecule has 2 aromatic rings. The molecule has 2 N–H and O–H groups in total. The first kappa shape index (κ1) is 16.7. The first-order valence-electron chi connectivity index (χ1n) is 8.38. The highest BCUT2D eigenvalue weighted by Crippen LogP contribution is 2.27. The molecule has 126 valence electrons. The largest absolute Gasteiger partial charge is 0.352 e. The molecule has 3 rings (SSSR count). The summed E-state index contributed by atoms with van der Waals surface area (Å²) in [7, 11) is 0. The highest BCUT2D eigenvalue weighted by atomic mass is 32.1. The summed E-state index contributed by atoms with van der Waals surface area (Å²) in [5.41, 5.74) is 3.00. The number of hydrogen-bond acceptors (Lipinski definition) is 3. The number of hydrogen-bond donors (Lipinski definition) is 2. The van der Waals surface area contributed by atoms with Crippen LogP contribution in [0.4, 0.5) is 5.69 Å². The van der Waals surface area contributed by atoms with Gasteiger partial charge in [0.1, 0.15) is 0 Å². The normalized spacial score (nSPS) is 14.0. The number of amides is 2. The van der Waals surface area contributed by atoms with Crippen molar-refractivity contribution in [1.29, 1.82) is 0 Å². The average molecular weight is 342 g/mol. The first-order chi connectivity index (χ1) is 11.7. The molecule has 0 bridgehead atoms. The summed E-state index contributed by atoms with van der Waals surface area (Å²) in [5.74, 6) is 0.328. The van der Waals surface area contributed by atoms with Crippen LogP contribution in [0.15, 0.2) is 41.1 Å². The number of benzene rings is 1. The molecule has 1 fully saturated rings. The molecule has 1 aromatic carbocycles. The highest BCUT2D eigenvalue weighted by molar-refractivity contribution is 7.07. The lowest BCUT2D eigenvalue weighted by Gasteiger charge is -2.24. The van der Waals surface area contributed by atoms with E-state index in [9.17, 15) is 9.59 Å². The molecule has 0 atom stereocenters. The Hall–Kier alpha value is -2.14. The van der Waals surface area contributed by atoms with Crippen molar-refractivity contribution in [3.8, 4) is 0 Å². The van der Waals surface area contributed by atoms with E-state index in [-0.39, 0.29) is 17.7 Å². The maximum atomic E-state index is 12.0. The van der Waals surface area contributed by atoms with Gasteiger partial charge in [-0.2, -0.15) is 11.3 Å². The molecule has 1 aliphatic carbocycles. The molecule has 24 heavy (non-hydrogen) atoms. The van der Waals surface area contributed by atoms with Gasteiger partial charge in [-0.15, -0.1) is 0 Å². The molecule has 0 unspecified atom stereocenters. The topological polar surface area (TPSA) is 58.2 Å². The van der Waals surface area contributed by atoms with E-state index in [1.165, 1.54) is 5.56 Å². The Morgan fingerprint density at radius 1 is 1.17 bits per heavy atom. The van der Waals surface area contributed by atoms with E-state index in [2.05, 4.69) is 16.0 Å². The fraction of sp³-hybridized carbons (Fsp3) is 0.368. The number of nitrogens with one attached hydrogen (secondary N) is 2. The lowest BCUT2D eigenvalue weighted by atomic mass is 9.85. The molecule has 1 aliphatic rings. The second kappa shape index (κ2) is 8.11. The molecule has 5 heteroatoms. The standard InChI is InChI=1S/C19H22N2O2S/c22-18(8-7-14-9-10-24-13-14)20-12-15-3-1-6-17(11-15)21-19(23)16-4-2-5-16/h1,3,6,9-11,13,16H,2,4-5,7-8,12H2,(H,20,22)(H,21,23). The van der Waals surface area contributed by atoms with Gasteiger partial charge in [-0.3, -0.25) is 9.59 Å². The Morgan fingerprint density at radius 2 is 2.04 bits per heavy atom. The van der Waals surface area contributed by atoms with Crippen LogP contribution in [0, 0.1) is 5.92 Å². The Balaban J connectivity index is 1.45. The smallest absolute Gasteiger partial charge is 0.227 e. The number of carbonyl (C=O) groups excluding carboxylic acids is 2. The van der Waals surface area contributed by atoms with Gasteiger partial charge in [-0.05, 0) is 59.3 Å². The first-order valence-corrected chi connectivity index (χ1v) is 9.32. The van der Waals surface area contributed by atoms with Crippen LogP contribution < -0.4 is 10.6 Å². The van der Waals surface area contributed by atoms with Gasteiger partial charge in [0.05, 0.1) is 0 Å². The number of rotatable bonds is 7. The zero-order chi connectivity index (χ0) is 16.8. The molecule has 4 nitrogen and oxygen atoms in total. The van der Waals surface area contributed by atoms with Crippen molar-refractivity contribution in [1.82, 2.24) is 5.32 Å². The van der Waals surface area contributed by atoms with Crippen LogP contribution >= 0.6 is 11.3 Å². The second-order valence-electron chi connectivity index (χ2n) is 6.23. The second-order valence-corrected chi connectivity index (χ2v) is 7.01. The van der Waals surface area contributed by atoms with Crippen molar-refractivity contribution in [3.05, 3.63) is 52.2 Å². The van der Waals surface area contributed by atoms with Crippen LogP contribution in [-0.2, 0) is 22.6 Å². The summed E-state index contributed by atoms with van der Waals surface area (Å²) < 4.78 is 0. The van der Waals surface area contributed by atoms with E-state index in [1.54, 1.807) is 11.3 Å². The van der Waals surface area contributed by atoms with E-state index < -0.39 is 0 Å². The molecular weight excluding hydrogens is 320 g/mol. The lowest BCUT2D eigenvalue weighted by molar-refractivity contribution is -0.122. The van der Waals surface area contributed by atoms with Crippen LogP contribution in [0.3, 0.4) is 0 Å². The van der Waals surface area contributed by atoms with E-state index in [0.29, 0.717) is 13.0 Å². The van der Waals surface area contributed by atoms with Gasteiger partial charge in [0.15, 0.2) is 0 Å². The third-order valence-corrected chi connectivity index (χ3v) is 5.11. The van der Waals surface area contributed by atoms with Gasteiger partial charge in [-0.25, -0.2) is 0 Å². The van der Waals surface area contributed by atoms with E-state index >= 15 is 0 Å². The molecule has 2 amide bonds. The van der Waals surface area contributed by atoms with Crippen molar-refractivity contribution < 1.29 is 9.59 Å². The Bertz CT molecular complexity index is 693. The monoisotopic (exact) mass is 342 g/mol. The lowest BCUT2D eigenvalue weighted by Crippen LogP contribution is -2.28. The maximum Gasteiger partial charge on any atom is 0.227 e. The summed E-state index contributed by atoms with van der Waals surface area (Å²) >= 11 is 1.65. The van der Waals surface area contributed by atoms with Crippen LogP contribution in [0.1, 0.15) is 36.8 Å². The SMILES string of the molecule is O=C(CCc1ccsc1)NCc1cccc(NC(=O)C2CCC2)c1. The summed E-state index contributed by atoms with van der Waals surface area (Å²) in [6.45, 7) is 0.482. The van der Waals surface area contributed by atoms with Gasteiger partial charge >= 0.3 is 0 Å². The molecular formula is C19H22N2O2S. The number of aryl methyl sites for hydroxylation is 1. The van der Waals surface area contributed by atoms with Gasteiger partial charge in [-0.1, -0.05) is 18.6 Å².